The zero-order valence-electron chi connectivity index (χ0n) is 10.0. The van der Waals surface area contributed by atoms with Gasteiger partial charge in [0.05, 0.1) is 16.5 Å². The van der Waals surface area contributed by atoms with Gasteiger partial charge in [-0.1, -0.05) is 6.07 Å². The van der Waals surface area contributed by atoms with E-state index in [2.05, 4.69) is 20.8 Å². The predicted molar refractivity (Wildman–Crippen MR) is 69.8 cm³/mol. The molecule has 1 heterocycles. The smallest absolute Gasteiger partial charge is 0.323 e. The number of aromatic amines is 2. The maximum Gasteiger partial charge on any atom is 0.323 e. The summed E-state index contributed by atoms with van der Waals surface area (Å²) >= 11 is 0. The van der Waals surface area contributed by atoms with Crippen molar-refractivity contribution in [3.05, 3.63) is 38.9 Å². The number of urea groups is 1. The number of rotatable bonds is 3. The van der Waals surface area contributed by atoms with Crippen molar-refractivity contribution in [1.82, 2.24) is 15.5 Å². The SMILES string of the molecule is O=C(O)CNC(=O)Nc1cccc2c(=O)[nH][nH]c(=O)c12. The van der Waals surface area contributed by atoms with Gasteiger partial charge in [-0.15, -0.1) is 0 Å². The second kappa shape index (κ2) is 5.26. The number of fused-ring (bicyclic) bond motifs is 1. The molecule has 0 fully saturated rings. The molecule has 104 valence electrons. The molecule has 0 saturated carbocycles. The maximum atomic E-state index is 11.7. The van der Waals surface area contributed by atoms with Crippen LogP contribution in [0.5, 0.6) is 0 Å². The fourth-order valence-electron chi connectivity index (χ4n) is 1.66. The number of carboxylic acid groups (broad SMARTS) is 1. The van der Waals surface area contributed by atoms with Gasteiger partial charge in [0.25, 0.3) is 11.1 Å². The lowest BCUT2D eigenvalue weighted by Crippen LogP contribution is -2.33. The van der Waals surface area contributed by atoms with Gasteiger partial charge >= 0.3 is 12.0 Å². The highest BCUT2D eigenvalue weighted by Crippen LogP contribution is 2.16. The van der Waals surface area contributed by atoms with E-state index in [-0.39, 0.29) is 16.5 Å². The third-order valence-electron chi connectivity index (χ3n) is 2.47. The Labute approximate surface area is 110 Å². The summed E-state index contributed by atoms with van der Waals surface area (Å²) in [6, 6.07) is 3.56. The van der Waals surface area contributed by atoms with E-state index in [1.807, 2.05) is 0 Å². The number of nitrogens with one attached hydrogen (secondary N) is 4. The average molecular weight is 278 g/mol. The number of hydrogen-bond acceptors (Lipinski definition) is 4. The minimum atomic E-state index is -1.20. The topological polar surface area (TPSA) is 144 Å². The fourth-order valence-corrected chi connectivity index (χ4v) is 1.66. The highest BCUT2D eigenvalue weighted by molar-refractivity contribution is 6.01. The monoisotopic (exact) mass is 278 g/mol. The van der Waals surface area contributed by atoms with E-state index in [9.17, 15) is 19.2 Å². The minimum absolute atomic E-state index is 0.0155. The Kier molecular flexibility index (Phi) is 3.51. The van der Waals surface area contributed by atoms with Crippen LogP contribution in [0.25, 0.3) is 10.8 Å². The predicted octanol–water partition coefficient (Wildman–Crippen LogP) is -0.578. The van der Waals surface area contributed by atoms with Crippen LogP contribution in [0, 0.1) is 0 Å². The van der Waals surface area contributed by atoms with Crippen LogP contribution < -0.4 is 21.8 Å². The summed E-state index contributed by atoms with van der Waals surface area (Å²) in [5.74, 6) is -1.20. The molecule has 0 radical (unpaired) electrons. The molecule has 0 bridgehead atoms. The van der Waals surface area contributed by atoms with Crippen molar-refractivity contribution >= 4 is 28.5 Å². The molecule has 0 spiro atoms. The molecule has 1 aromatic carbocycles. The summed E-state index contributed by atoms with van der Waals surface area (Å²) in [6.07, 6.45) is 0. The minimum Gasteiger partial charge on any atom is -0.480 e. The first-order valence-corrected chi connectivity index (χ1v) is 5.49. The zero-order valence-corrected chi connectivity index (χ0v) is 10.0. The molecule has 0 unspecified atom stereocenters. The van der Waals surface area contributed by atoms with Crippen molar-refractivity contribution in [2.45, 2.75) is 0 Å². The van der Waals surface area contributed by atoms with Crippen LogP contribution in [0.15, 0.2) is 27.8 Å². The van der Waals surface area contributed by atoms with Gasteiger partial charge in [0.1, 0.15) is 6.54 Å². The Morgan fingerprint density at radius 1 is 1.15 bits per heavy atom. The molecular weight excluding hydrogens is 268 g/mol. The third kappa shape index (κ3) is 2.66. The molecule has 5 N–H and O–H groups in total. The summed E-state index contributed by atoms with van der Waals surface area (Å²) in [7, 11) is 0. The summed E-state index contributed by atoms with van der Waals surface area (Å²) in [4.78, 5) is 45.1. The van der Waals surface area contributed by atoms with Crippen molar-refractivity contribution in [2.75, 3.05) is 11.9 Å². The highest BCUT2D eigenvalue weighted by atomic mass is 16.4. The first kappa shape index (κ1) is 13.3. The molecule has 2 amide bonds. The number of anilines is 1. The Bertz CT molecular complexity index is 791. The number of amides is 2. The van der Waals surface area contributed by atoms with Gasteiger partial charge in [-0.2, -0.15) is 0 Å². The molecule has 0 aliphatic carbocycles. The van der Waals surface area contributed by atoms with Gasteiger partial charge in [0.15, 0.2) is 0 Å². The number of aliphatic carboxylic acids is 1. The van der Waals surface area contributed by atoms with E-state index < -0.39 is 29.7 Å². The van der Waals surface area contributed by atoms with E-state index in [0.717, 1.165) is 0 Å². The van der Waals surface area contributed by atoms with Gasteiger partial charge < -0.3 is 15.7 Å². The second-order valence-electron chi connectivity index (χ2n) is 3.84. The Morgan fingerprint density at radius 3 is 2.55 bits per heavy atom. The van der Waals surface area contributed by atoms with Crippen LogP contribution in [-0.2, 0) is 4.79 Å². The van der Waals surface area contributed by atoms with E-state index in [0.29, 0.717) is 0 Å². The van der Waals surface area contributed by atoms with E-state index in [1.165, 1.54) is 18.2 Å². The summed E-state index contributed by atoms with van der Waals surface area (Å²) < 4.78 is 0. The number of hydrogen-bond donors (Lipinski definition) is 5. The van der Waals surface area contributed by atoms with Crippen LogP contribution in [0.1, 0.15) is 0 Å². The molecule has 20 heavy (non-hydrogen) atoms. The van der Waals surface area contributed by atoms with Gasteiger partial charge in [0, 0.05) is 0 Å². The molecule has 0 aliphatic heterocycles. The lowest BCUT2D eigenvalue weighted by Gasteiger charge is -2.07. The fraction of sp³-hybridized carbons (Fsp3) is 0.0909. The van der Waals surface area contributed by atoms with Crippen LogP contribution in [0.3, 0.4) is 0 Å². The van der Waals surface area contributed by atoms with E-state index >= 15 is 0 Å². The lowest BCUT2D eigenvalue weighted by molar-refractivity contribution is -0.135. The number of carbonyl (C=O) groups excluding carboxylic acids is 1. The molecule has 2 rings (SSSR count). The Hall–Kier alpha value is -3.10. The lowest BCUT2D eigenvalue weighted by atomic mass is 10.1. The van der Waals surface area contributed by atoms with Gasteiger partial charge in [-0.05, 0) is 12.1 Å². The van der Waals surface area contributed by atoms with Crippen LogP contribution in [0.4, 0.5) is 10.5 Å². The maximum absolute atomic E-state index is 11.7. The largest absolute Gasteiger partial charge is 0.480 e. The second-order valence-corrected chi connectivity index (χ2v) is 3.84. The number of H-pyrrole nitrogens is 2. The highest BCUT2D eigenvalue weighted by Gasteiger charge is 2.11. The van der Waals surface area contributed by atoms with E-state index in [1.54, 1.807) is 0 Å². The molecule has 1 aromatic heterocycles. The van der Waals surface area contributed by atoms with Crippen molar-refractivity contribution in [3.8, 4) is 0 Å². The molecule has 0 aliphatic rings. The van der Waals surface area contributed by atoms with Crippen molar-refractivity contribution < 1.29 is 14.7 Å². The van der Waals surface area contributed by atoms with Gasteiger partial charge in [0.2, 0.25) is 0 Å². The van der Waals surface area contributed by atoms with E-state index in [4.69, 9.17) is 5.11 Å². The number of carbonyl (C=O) groups is 2. The van der Waals surface area contributed by atoms with Crippen molar-refractivity contribution in [2.24, 2.45) is 0 Å². The summed E-state index contributed by atoms with van der Waals surface area (Å²) in [5, 5.41) is 17.3. The Balaban J connectivity index is 2.38. The standard InChI is InChI=1S/C11H10N4O5/c16-7(17)4-12-11(20)13-6-3-1-2-5-8(6)10(19)15-14-9(5)18/h1-3H,4H2,(H,14,18)(H,15,19)(H,16,17)(H2,12,13,20). The zero-order chi connectivity index (χ0) is 14.7. The number of carboxylic acids is 1. The van der Waals surface area contributed by atoms with Crippen LogP contribution >= 0.6 is 0 Å². The molecule has 0 atom stereocenters. The summed E-state index contributed by atoms with van der Waals surface area (Å²) in [5.41, 5.74) is -0.972. The van der Waals surface area contributed by atoms with Crippen molar-refractivity contribution in [3.63, 3.8) is 0 Å². The quantitative estimate of drug-likeness (QED) is 0.510. The molecular formula is C11H10N4O5. The Morgan fingerprint density at radius 2 is 1.85 bits per heavy atom. The van der Waals surface area contributed by atoms with Crippen LogP contribution in [-0.4, -0.2) is 33.8 Å². The summed E-state index contributed by atoms with van der Waals surface area (Å²) in [6.45, 7) is -0.562. The molecule has 2 aromatic rings. The normalized spacial score (nSPS) is 10.2. The first-order chi connectivity index (χ1) is 9.49. The van der Waals surface area contributed by atoms with Gasteiger partial charge in [-0.3, -0.25) is 24.6 Å². The van der Waals surface area contributed by atoms with Gasteiger partial charge in [-0.25, -0.2) is 4.79 Å². The third-order valence-corrected chi connectivity index (χ3v) is 2.47. The van der Waals surface area contributed by atoms with Crippen molar-refractivity contribution in [1.29, 1.82) is 0 Å². The number of benzene rings is 1. The number of aromatic nitrogens is 2. The molecule has 9 heteroatoms. The van der Waals surface area contributed by atoms with Crippen LogP contribution in [0.2, 0.25) is 0 Å². The average Bonchev–Trinajstić information content (AvgIpc) is 2.41. The first-order valence-electron chi connectivity index (χ1n) is 5.49. The molecule has 0 saturated heterocycles. The molecule has 9 nitrogen and oxygen atoms in total.